The van der Waals surface area contributed by atoms with Gasteiger partial charge in [-0.15, -0.1) is 11.3 Å². The summed E-state index contributed by atoms with van der Waals surface area (Å²) in [6.07, 6.45) is 3.33. The molecule has 1 unspecified atom stereocenters. The standard InChI is InChI=1S/C16H24N4O2S/c1-15(2,13-6-5-7-23-13)10-17-14(21)18-11-16(3,22)12-8-19-20(4)9-12/h5-9,22H,10-11H2,1-4H3,(H2,17,18,21). The number of hydrogen-bond acceptors (Lipinski definition) is 4. The first-order valence-electron chi connectivity index (χ1n) is 7.48. The molecular formula is C16H24N4O2S. The van der Waals surface area contributed by atoms with Crippen molar-refractivity contribution in [3.05, 3.63) is 40.3 Å². The predicted octanol–water partition coefficient (Wildman–Crippen LogP) is 1.97. The summed E-state index contributed by atoms with van der Waals surface area (Å²) in [5, 5.41) is 22.1. The molecule has 0 saturated heterocycles. The number of nitrogens with one attached hydrogen (secondary N) is 2. The molecule has 2 aromatic heterocycles. The molecule has 0 fully saturated rings. The number of carbonyl (C=O) groups is 1. The minimum absolute atomic E-state index is 0.115. The van der Waals surface area contributed by atoms with Crippen molar-refractivity contribution in [2.24, 2.45) is 7.05 Å². The number of hydrogen-bond donors (Lipinski definition) is 3. The average molecular weight is 336 g/mol. The van der Waals surface area contributed by atoms with Gasteiger partial charge in [0.25, 0.3) is 0 Å². The van der Waals surface area contributed by atoms with E-state index in [2.05, 4.69) is 35.6 Å². The number of nitrogens with zero attached hydrogens (tertiary/aromatic N) is 2. The van der Waals surface area contributed by atoms with Gasteiger partial charge in [0.05, 0.1) is 12.7 Å². The van der Waals surface area contributed by atoms with Gasteiger partial charge in [0.2, 0.25) is 0 Å². The molecule has 2 amide bonds. The van der Waals surface area contributed by atoms with E-state index in [-0.39, 0.29) is 18.0 Å². The largest absolute Gasteiger partial charge is 0.383 e. The Balaban J connectivity index is 1.83. The van der Waals surface area contributed by atoms with Gasteiger partial charge in [0, 0.05) is 35.6 Å². The Hall–Kier alpha value is -1.86. The summed E-state index contributed by atoms with van der Waals surface area (Å²) in [7, 11) is 1.78. The maximum Gasteiger partial charge on any atom is 0.314 e. The van der Waals surface area contributed by atoms with Gasteiger partial charge in [-0.25, -0.2) is 4.79 Å². The highest BCUT2D eigenvalue weighted by Gasteiger charge is 2.26. The zero-order chi connectivity index (χ0) is 17.1. The summed E-state index contributed by atoms with van der Waals surface area (Å²) >= 11 is 1.68. The maximum atomic E-state index is 12.0. The van der Waals surface area contributed by atoms with Crippen LogP contribution in [0, 0.1) is 0 Å². The number of aryl methyl sites for hydroxylation is 1. The van der Waals surface area contributed by atoms with Crippen LogP contribution in [0.1, 0.15) is 31.2 Å². The zero-order valence-electron chi connectivity index (χ0n) is 14.0. The van der Waals surface area contributed by atoms with E-state index in [4.69, 9.17) is 0 Å². The second-order valence-electron chi connectivity index (χ2n) is 6.57. The van der Waals surface area contributed by atoms with Crippen molar-refractivity contribution in [1.29, 1.82) is 0 Å². The van der Waals surface area contributed by atoms with E-state index in [0.717, 1.165) is 0 Å². The van der Waals surface area contributed by atoms with Crippen LogP contribution in [0.5, 0.6) is 0 Å². The molecule has 0 aliphatic carbocycles. The third-order valence-electron chi connectivity index (χ3n) is 3.80. The van der Waals surface area contributed by atoms with E-state index >= 15 is 0 Å². The minimum atomic E-state index is -1.16. The van der Waals surface area contributed by atoms with Crippen molar-refractivity contribution in [2.75, 3.05) is 13.1 Å². The number of aliphatic hydroxyl groups is 1. The highest BCUT2D eigenvalue weighted by Crippen LogP contribution is 2.26. The molecule has 0 bridgehead atoms. The van der Waals surface area contributed by atoms with Crippen LogP contribution in [0.3, 0.4) is 0 Å². The monoisotopic (exact) mass is 336 g/mol. The van der Waals surface area contributed by atoms with E-state index in [0.29, 0.717) is 12.1 Å². The average Bonchev–Trinajstić information content (AvgIpc) is 3.14. The first kappa shape index (κ1) is 17.5. The van der Waals surface area contributed by atoms with Crippen LogP contribution in [-0.2, 0) is 18.1 Å². The first-order valence-corrected chi connectivity index (χ1v) is 8.36. The second kappa shape index (κ2) is 6.72. The van der Waals surface area contributed by atoms with Crippen LogP contribution < -0.4 is 10.6 Å². The number of urea groups is 1. The number of rotatable bonds is 6. The molecule has 2 aromatic rings. The maximum absolute atomic E-state index is 12.0. The van der Waals surface area contributed by atoms with Crippen molar-refractivity contribution in [3.8, 4) is 0 Å². The van der Waals surface area contributed by atoms with Crippen molar-refractivity contribution in [1.82, 2.24) is 20.4 Å². The summed E-state index contributed by atoms with van der Waals surface area (Å²) in [6, 6.07) is 3.78. The molecule has 0 aromatic carbocycles. The lowest BCUT2D eigenvalue weighted by Gasteiger charge is -2.25. The molecule has 23 heavy (non-hydrogen) atoms. The smallest absolute Gasteiger partial charge is 0.314 e. The molecule has 126 valence electrons. The number of carbonyl (C=O) groups excluding carboxylic acids is 1. The van der Waals surface area contributed by atoms with E-state index in [1.807, 2.05) is 11.4 Å². The molecule has 2 rings (SSSR count). The highest BCUT2D eigenvalue weighted by molar-refractivity contribution is 7.10. The molecular weight excluding hydrogens is 312 g/mol. The second-order valence-corrected chi connectivity index (χ2v) is 7.52. The SMILES string of the molecule is Cn1cc(C(C)(O)CNC(=O)NCC(C)(C)c2cccs2)cn1. The minimum Gasteiger partial charge on any atom is -0.383 e. The summed E-state index contributed by atoms with van der Waals surface area (Å²) < 4.78 is 1.62. The Labute approximate surface area is 140 Å². The lowest BCUT2D eigenvalue weighted by Crippen LogP contribution is -2.46. The van der Waals surface area contributed by atoms with Crippen molar-refractivity contribution >= 4 is 17.4 Å². The number of thiophene rings is 1. The summed E-state index contributed by atoms with van der Waals surface area (Å²) in [6.45, 7) is 6.47. The van der Waals surface area contributed by atoms with Gasteiger partial charge in [-0.3, -0.25) is 4.68 Å². The van der Waals surface area contributed by atoms with Crippen LogP contribution in [0.15, 0.2) is 29.9 Å². The van der Waals surface area contributed by atoms with Gasteiger partial charge in [-0.2, -0.15) is 5.10 Å². The van der Waals surface area contributed by atoms with Gasteiger partial charge in [-0.05, 0) is 18.4 Å². The van der Waals surface area contributed by atoms with Gasteiger partial charge in [-0.1, -0.05) is 19.9 Å². The normalized spacial score (nSPS) is 14.3. The van der Waals surface area contributed by atoms with E-state index in [9.17, 15) is 9.90 Å². The van der Waals surface area contributed by atoms with E-state index in [1.165, 1.54) is 4.88 Å². The van der Waals surface area contributed by atoms with Crippen molar-refractivity contribution in [3.63, 3.8) is 0 Å². The van der Waals surface area contributed by atoms with Crippen LogP contribution in [0.25, 0.3) is 0 Å². The molecule has 0 spiro atoms. The van der Waals surface area contributed by atoms with Gasteiger partial charge in [0.1, 0.15) is 5.60 Å². The third-order valence-corrected chi connectivity index (χ3v) is 5.03. The topological polar surface area (TPSA) is 79.2 Å². The lowest BCUT2D eigenvalue weighted by atomic mass is 9.91. The summed E-state index contributed by atoms with van der Waals surface area (Å²) in [4.78, 5) is 13.2. The number of aromatic nitrogens is 2. The Morgan fingerprint density at radius 3 is 2.61 bits per heavy atom. The lowest BCUT2D eigenvalue weighted by molar-refractivity contribution is 0.0593. The quantitative estimate of drug-likeness (QED) is 0.754. The van der Waals surface area contributed by atoms with Crippen molar-refractivity contribution < 1.29 is 9.90 Å². The van der Waals surface area contributed by atoms with Crippen LogP contribution in [0.4, 0.5) is 4.79 Å². The molecule has 7 heteroatoms. The molecule has 0 radical (unpaired) electrons. The van der Waals surface area contributed by atoms with Gasteiger partial charge in [0.15, 0.2) is 0 Å². The molecule has 6 nitrogen and oxygen atoms in total. The Morgan fingerprint density at radius 2 is 2.04 bits per heavy atom. The van der Waals surface area contributed by atoms with Gasteiger partial charge >= 0.3 is 6.03 Å². The predicted molar refractivity (Wildman–Crippen MR) is 91.5 cm³/mol. The molecule has 1 atom stereocenters. The fourth-order valence-corrected chi connectivity index (χ4v) is 3.02. The molecule has 0 saturated carbocycles. The van der Waals surface area contributed by atoms with Crippen LogP contribution >= 0.6 is 11.3 Å². The van der Waals surface area contributed by atoms with Crippen LogP contribution in [0.2, 0.25) is 0 Å². The van der Waals surface area contributed by atoms with Gasteiger partial charge < -0.3 is 15.7 Å². The Kier molecular flexibility index (Phi) is 5.11. The molecule has 0 aliphatic heterocycles. The molecule has 2 heterocycles. The molecule has 3 N–H and O–H groups in total. The fraction of sp³-hybridized carbons (Fsp3) is 0.500. The fourth-order valence-electron chi connectivity index (χ4n) is 2.17. The van der Waals surface area contributed by atoms with E-state index in [1.54, 1.807) is 42.4 Å². The summed E-state index contributed by atoms with van der Waals surface area (Å²) in [5.74, 6) is 0. The zero-order valence-corrected chi connectivity index (χ0v) is 14.8. The van der Waals surface area contributed by atoms with E-state index < -0.39 is 5.60 Å². The summed E-state index contributed by atoms with van der Waals surface area (Å²) in [5.41, 5.74) is -0.620. The third kappa shape index (κ3) is 4.56. The van der Waals surface area contributed by atoms with Crippen molar-refractivity contribution in [2.45, 2.75) is 31.8 Å². The Bertz CT molecular complexity index is 647. The number of amides is 2. The van der Waals surface area contributed by atoms with Crippen LogP contribution in [-0.4, -0.2) is 34.0 Å². The highest BCUT2D eigenvalue weighted by atomic mass is 32.1. The Morgan fingerprint density at radius 1 is 1.35 bits per heavy atom. The molecule has 0 aliphatic rings. The first-order chi connectivity index (χ1) is 10.7.